The molecule has 8 nitrogen and oxygen atoms in total. The highest BCUT2D eigenvalue weighted by Crippen LogP contribution is 2.56. The molecule has 3 aliphatic rings. The molecular formula is C21H28N6O2. The molecular weight excluding hydrogens is 368 g/mol. The van der Waals surface area contributed by atoms with Gasteiger partial charge in [0.05, 0.1) is 0 Å². The van der Waals surface area contributed by atoms with Crippen molar-refractivity contribution >= 4 is 11.7 Å². The van der Waals surface area contributed by atoms with Crippen molar-refractivity contribution in [1.82, 2.24) is 25.0 Å². The fourth-order valence-corrected chi connectivity index (χ4v) is 5.19. The molecule has 0 aromatic carbocycles. The quantitative estimate of drug-likeness (QED) is 0.763. The lowest BCUT2D eigenvalue weighted by Crippen LogP contribution is -2.54. The van der Waals surface area contributed by atoms with Gasteiger partial charge in [0.1, 0.15) is 11.4 Å². The van der Waals surface area contributed by atoms with E-state index in [0.29, 0.717) is 24.1 Å². The van der Waals surface area contributed by atoms with Crippen LogP contribution in [0.3, 0.4) is 0 Å². The lowest BCUT2D eigenvalue weighted by Gasteiger charge is -2.47. The molecule has 154 valence electrons. The molecule has 8 heteroatoms. The van der Waals surface area contributed by atoms with Gasteiger partial charge >= 0.3 is 0 Å². The molecule has 2 aliphatic heterocycles. The highest BCUT2D eigenvalue weighted by molar-refractivity contribution is 5.78. The van der Waals surface area contributed by atoms with Gasteiger partial charge in [0.2, 0.25) is 17.7 Å². The number of hydrogen-bond donors (Lipinski definition) is 0. The first-order valence-corrected chi connectivity index (χ1v) is 10.7. The van der Waals surface area contributed by atoms with Crippen molar-refractivity contribution in [2.24, 2.45) is 5.92 Å². The summed E-state index contributed by atoms with van der Waals surface area (Å²) in [6.45, 7) is 7.23. The van der Waals surface area contributed by atoms with E-state index in [2.05, 4.69) is 31.0 Å². The lowest BCUT2D eigenvalue weighted by molar-refractivity contribution is -0.142. The molecule has 0 radical (unpaired) electrons. The number of carbonyl (C=O) groups is 1. The molecule has 2 aromatic heterocycles. The fraction of sp³-hybridized carbons (Fsp3) is 0.619. The molecule has 2 saturated heterocycles. The summed E-state index contributed by atoms with van der Waals surface area (Å²) in [5.41, 5.74) is -0.337. The highest BCUT2D eigenvalue weighted by Gasteiger charge is 2.60. The Hall–Kier alpha value is -2.48. The number of fused-ring (bicyclic) bond motifs is 1. The predicted octanol–water partition coefficient (Wildman–Crippen LogP) is 1.82. The maximum absolute atomic E-state index is 13.1. The highest BCUT2D eigenvalue weighted by atomic mass is 16.4. The monoisotopic (exact) mass is 396 g/mol. The minimum absolute atomic E-state index is 0.218. The second-order valence-corrected chi connectivity index (χ2v) is 8.39. The van der Waals surface area contributed by atoms with E-state index in [-0.39, 0.29) is 11.4 Å². The average Bonchev–Trinajstić information content (AvgIpc) is 3.28. The van der Waals surface area contributed by atoms with Gasteiger partial charge in [0.25, 0.3) is 0 Å². The first-order valence-electron chi connectivity index (χ1n) is 10.7. The van der Waals surface area contributed by atoms with Gasteiger partial charge in [0, 0.05) is 58.8 Å². The van der Waals surface area contributed by atoms with Crippen LogP contribution >= 0.6 is 0 Å². The number of carbonyl (C=O) groups excluding carboxylic acids is 1. The molecule has 1 amide bonds. The van der Waals surface area contributed by atoms with Crippen molar-refractivity contribution in [3.63, 3.8) is 0 Å². The molecule has 5 rings (SSSR count). The van der Waals surface area contributed by atoms with Crippen LogP contribution in [0, 0.1) is 12.8 Å². The van der Waals surface area contributed by atoms with Gasteiger partial charge < -0.3 is 14.2 Å². The number of amides is 1. The Morgan fingerprint density at radius 2 is 2.03 bits per heavy atom. The number of aryl methyl sites for hydroxylation is 1. The molecule has 0 unspecified atom stereocenters. The third-order valence-electron chi connectivity index (χ3n) is 6.92. The molecule has 4 heterocycles. The summed E-state index contributed by atoms with van der Waals surface area (Å²) >= 11 is 0. The zero-order valence-electron chi connectivity index (χ0n) is 17.0. The second kappa shape index (κ2) is 7.40. The molecule has 2 atom stereocenters. The zero-order chi connectivity index (χ0) is 19.8. The summed E-state index contributed by atoms with van der Waals surface area (Å²) < 4.78 is 5.78. The van der Waals surface area contributed by atoms with Crippen LogP contribution in [0.25, 0.3) is 0 Å². The van der Waals surface area contributed by atoms with Crippen LogP contribution in [0.5, 0.6) is 0 Å². The number of pyridine rings is 1. The molecule has 0 bridgehead atoms. The summed E-state index contributed by atoms with van der Waals surface area (Å²) in [5, 5.41) is 8.31. The fourth-order valence-electron chi connectivity index (χ4n) is 5.19. The minimum atomic E-state index is -0.337. The molecule has 1 aliphatic carbocycles. The van der Waals surface area contributed by atoms with Crippen molar-refractivity contribution in [3.8, 4) is 0 Å². The van der Waals surface area contributed by atoms with Crippen LogP contribution in [0.4, 0.5) is 5.82 Å². The summed E-state index contributed by atoms with van der Waals surface area (Å²) in [6, 6.07) is 6.02. The largest absolute Gasteiger partial charge is 0.423 e. The number of rotatable bonds is 5. The predicted molar refractivity (Wildman–Crippen MR) is 107 cm³/mol. The van der Waals surface area contributed by atoms with E-state index in [1.54, 1.807) is 0 Å². The topological polar surface area (TPSA) is 78.6 Å². The molecule has 3 fully saturated rings. The lowest BCUT2D eigenvalue weighted by atomic mass is 9.67. The Bertz CT molecular complexity index is 863. The first-order chi connectivity index (χ1) is 14.2. The van der Waals surface area contributed by atoms with E-state index in [1.807, 2.05) is 30.2 Å². The van der Waals surface area contributed by atoms with Crippen LogP contribution in [-0.2, 0) is 10.3 Å². The Balaban J connectivity index is 1.17. The van der Waals surface area contributed by atoms with Crippen molar-refractivity contribution in [1.29, 1.82) is 0 Å². The van der Waals surface area contributed by atoms with E-state index in [9.17, 15) is 4.79 Å². The Morgan fingerprint density at radius 3 is 2.69 bits per heavy atom. The molecule has 2 aromatic rings. The Labute approximate surface area is 170 Å². The van der Waals surface area contributed by atoms with E-state index in [4.69, 9.17) is 4.42 Å². The normalized spacial score (nSPS) is 27.0. The molecule has 1 saturated carbocycles. The number of anilines is 1. The molecule has 0 spiro atoms. The van der Waals surface area contributed by atoms with Crippen LogP contribution in [-0.4, -0.2) is 70.2 Å². The number of piperazine rings is 1. The summed E-state index contributed by atoms with van der Waals surface area (Å²) in [4.78, 5) is 24.3. The average molecular weight is 396 g/mol. The number of nitrogens with zero attached hydrogens (tertiary/aromatic N) is 6. The van der Waals surface area contributed by atoms with Gasteiger partial charge in [-0.05, 0) is 37.3 Å². The van der Waals surface area contributed by atoms with Crippen LogP contribution in [0.2, 0.25) is 0 Å². The van der Waals surface area contributed by atoms with Crippen LogP contribution < -0.4 is 4.90 Å². The maximum Gasteiger partial charge on any atom is 0.242 e. The van der Waals surface area contributed by atoms with Gasteiger partial charge in [-0.15, -0.1) is 10.2 Å². The number of aromatic nitrogens is 3. The zero-order valence-corrected chi connectivity index (χ0v) is 17.0. The summed E-state index contributed by atoms with van der Waals surface area (Å²) in [5.74, 6) is 2.93. The first kappa shape index (κ1) is 18.5. The maximum atomic E-state index is 13.1. The van der Waals surface area contributed by atoms with Gasteiger partial charge in [-0.3, -0.25) is 9.69 Å². The summed E-state index contributed by atoms with van der Waals surface area (Å²) in [7, 11) is 0. The third-order valence-corrected chi connectivity index (χ3v) is 6.92. The smallest absolute Gasteiger partial charge is 0.242 e. The standard InChI is InChI=1S/C21H28N6O2/c1-16-23-24-20(29-16)21-8-5-17(21)6-11-27(21)19(28)7-10-25-12-14-26(15-13-25)18-4-2-3-9-22-18/h2-4,9,17H,5-8,10-15H2,1H3/t17-,21-/m0/s1. The van der Waals surface area contributed by atoms with Crippen LogP contribution in [0.15, 0.2) is 28.8 Å². The van der Waals surface area contributed by atoms with Crippen molar-refractivity contribution in [3.05, 3.63) is 36.2 Å². The third kappa shape index (κ3) is 3.19. The Kier molecular flexibility index (Phi) is 4.73. The summed E-state index contributed by atoms with van der Waals surface area (Å²) in [6.07, 6.45) is 5.50. The number of hydrogen-bond acceptors (Lipinski definition) is 7. The van der Waals surface area contributed by atoms with Gasteiger partial charge in [0.15, 0.2) is 0 Å². The van der Waals surface area contributed by atoms with E-state index >= 15 is 0 Å². The SMILES string of the molecule is Cc1nnc([C@]23CC[C@H]2CCN3C(=O)CCN2CCN(c3ccccn3)CC2)o1. The van der Waals surface area contributed by atoms with Gasteiger partial charge in [-0.25, -0.2) is 4.98 Å². The van der Waals surface area contributed by atoms with Crippen LogP contribution in [0.1, 0.15) is 37.5 Å². The van der Waals surface area contributed by atoms with E-state index < -0.39 is 0 Å². The second-order valence-electron chi connectivity index (χ2n) is 8.39. The number of likely N-dealkylation sites (tertiary alicyclic amines) is 1. The van der Waals surface area contributed by atoms with E-state index in [0.717, 1.165) is 64.3 Å². The Morgan fingerprint density at radius 1 is 1.17 bits per heavy atom. The van der Waals surface area contributed by atoms with Crippen molar-refractivity contribution in [2.45, 2.75) is 38.1 Å². The molecule has 29 heavy (non-hydrogen) atoms. The molecule has 0 N–H and O–H groups in total. The minimum Gasteiger partial charge on any atom is -0.423 e. The van der Waals surface area contributed by atoms with Crippen molar-refractivity contribution in [2.75, 3.05) is 44.2 Å². The van der Waals surface area contributed by atoms with E-state index in [1.165, 1.54) is 0 Å². The van der Waals surface area contributed by atoms with Gasteiger partial charge in [-0.2, -0.15) is 0 Å². The van der Waals surface area contributed by atoms with Crippen molar-refractivity contribution < 1.29 is 9.21 Å². The van der Waals surface area contributed by atoms with Gasteiger partial charge in [-0.1, -0.05) is 6.07 Å².